The molecular weight excluding hydrogens is 324 g/mol. The van der Waals surface area contributed by atoms with E-state index in [1.807, 2.05) is 0 Å². The summed E-state index contributed by atoms with van der Waals surface area (Å²) < 4.78 is 17.5. The summed E-state index contributed by atoms with van der Waals surface area (Å²) in [7, 11) is 3.07. The maximum atomic E-state index is 12.7. The lowest BCUT2D eigenvalue weighted by Crippen LogP contribution is -2.36. The Morgan fingerprint density at radius 2 is 2.12 bits per heavy atom. The van der Waals surface area contributed by atoms with Gasteiger partial charge in [0.05, 0.1) is 25.7 Å². The Bertz CT molecular complexity index is 824. The number of methoxy groups -OCH3 is 2. The van der Waals surface area contributed by atoms with Crippen LogP contribution in [-0.2, 0) is 16.1 Å². The third-order valence-electron chi connectivity index (χ3n) is 4.36. The standard InChI is InChI=1S/C18H22N2O5/c1-23-15-6-5-14-13(17(15)24-2)7-8-20(18(14)22)11-16(21)19-10-12-4-3-9-25-12/h5-8,12H,3-4,9-11H2,1-2H3,(H,19,21)/t12-/m1/s1. The zero-order valence-electron chi connectivity index (χ0n) is 14.4. The Morgan fingerprint density at radius 3 is 2.80 bits per heavy atom. The molecule has 1 saturated heterocycles. The molecule has 0 radical (unpaired) electrons. The lowest BCUT2D eigenvalue weighted by molar-refractivity contribution is -0.122. The number of pyridine rings is 1. The van der Waals surface area contributed by atoms with E-state index in [2.05, 4.69) is 5.32 Å². The Morgan fingerprint density at radius 1 is 1.28 bits per heavy atom. The van der Waals surface area contributed by atoms with Crippen LogP contribution in [-0.4, -0.2) is 43.9 Å². The summed E-state index contributed by atoms with van der Waals surface area (Å²) in [5.74, 6) is 0.853. The molecule has 0 spiro atoms. The van der Waals surface area contributed by atoms with Crippen LogP contribution in [0.4, 0.5) is 0 Å². The van der Waals surface area contributed by atoms with Crippen LogP contribution in [0.25, 0.3) is 10.8 Å². The molecular formula is C18H22N2O5. The van der Waals surface area contributed by atoms with Crippen molar-refractivity contribution in [3.63, 3.8) is 0 Å². The lowest BCUT2D eigenvalue weighted by Gasteiger charge is -2.13. The van der Waals surface area contributed by atoms with Gasteiger partial charge in [0.2, 0.25) is 5.91 Å². The van der Waals surface area contributed by atoms with Gasteiger partial charge in [0.15, 0.2) is 11.5 Å². The average Bonchev–Trinajstić information content (AvgIpc) is 3.15. The van der Waals surface area contributed by atoms with Crippen molar-refractivity contribution in [2.75, 3.05) is 27.4 Å². The molecule has 0 unspecified atom stereocenters. The minimum absolute atomic E-state index is 0.0319. The number of rotatable bonds is 6. The summed E-state index contributed by atoms with van der Waals surface area (Å²) in [6, 6.07) is 5.12. The number of benzene rings is 1. The van der Waals surface area contributed by atoms with Gasteiger partial charge in [-0.3, -0.25) is 9.59 Å². The highest BCUT2D eigenvalue weighted by atomic mass is 16.5. The molecule has 2 heterocycles. The van der Waals surface area contributed by atoms with Crippen molar-refractivity contribution in [1.82, 2.24) is 9.88 Å². The quantitative estimate of drug-likeness (QED) is 0.853. The number of fused-ring (bicyclic) bond motifs is 1. The van der Waals surface area contributed by atoms with E-state index >= 15 is 0 Å². The van der Waals surface area contributed by atoms with Gasteiger partial charge >= 0.3 is 0 Å². The summed E-state index contributed by atoms with van der Waals surface area (Å²) in [4.78, 5) is 24.8. The molecule has 0 aliphatic carbocycles. The lowest BCUT2D eigenvalue weighted by atomic mass is 10.1. The van der Waals surface area contributed by atoms with Crippen LogP contribution in [0.1, 0.15) is 12.8 Å². The highest BCUT2D eigenvalue weighted by Gasteiger charge is 2.17. The minimum atomic E-state index is -0.245. The smallest absolute Gasteiger partial charge is 0.259 e. The molecule has 1 aromatic carbocycles. The maximum absolute atomic E-state index is 12.7. The number of aromatic nitrogens is 1. The fourth-order valence-corrected chi connectivity index (χ4v) is 3.06. The van der Waals surface area contributed by atoms with Crippen molar-refractivity contribution in [3.8, 4) is 11.5 Å². The van der Waals surface area contributed by atoms with E-state index in [0.29, 0.717) is 28.8 Å². The molecule has 1 N–H and O–H groups in total. The molecule has 1 amide bonds. The number of ether oxygens (including phenoxy) is 3. The first-order valence-electron chi connectivity index (χ1n) is 8.26. The summed E-state index contributed by atoms with van der Waals surface area (Å²) >= 11 is 0. The first kappa shape index (κ1) is 17.3. The number of carbonyl (C=O) groups is 1. The monoisotopic (exact) mass is 346 g/mol. The van der Waals surface area contributed by atoms with Gasteiger partial charge < -0.3 is 24.1 Å². The summed E-state index contributed by atoms with van der Waals surface area (Å²) in [5, 5.41) is 3.96. The van der Waals surface area contributed by atoms with Gasteiger partial charge in [-0.25, -0.2) is 0 Å². The Labute approximate surface area is 145 Å². The van der Waals surface area contributed by atoms with Gasteiger partial charge in [0.1, 0.15) is 6.54 Å². The zero-order chi connectivity index (χ0) is 17.8. The normalized spacial score (nSPS) is 16.8. The number of hydrogen-bond acceptors (Lipinski definition) is 5. The first-order chi connectivity index (χ1) is 12.1. The third kappa shape index (κ3) is 3.61. The summed E-state index contributed by atoms with van der Waals surface area (Å²) in [6.45, 7) is 1.19. The second-order valence-electron chi connectivity index (χ2n) is 5.95. The number of amides is 1. The number of carbonyl (C=O) groups excluding carboxylic acids is 1. The van der Waals surface area contributed by atoms with E-state index in [0.717, 1.165) is 19.4 Å². The molecule has 7 nitrogen and oxygen atoms in total. The SMILES string of the molecule is COc1ccc2c(=O)n(CC(=O)NC[C@H]3CCCO3)ccc2c1OC. The van der Waals surface area contributed by atoms with Gasteiger partial charge in [-0.05, 0) is 31.0 Å². The average molecular weight is 346 g/mol. The fourth-order valence-electron chi connectivity index (χ4n) is 3.06. The summed E-state index contributed by atoms with van der Waals surface area (Å²) in [6.07, 6.45) is 3.65. The van der Waals surface area contributed by atoms with E-state index in [1.165, 1.54) is 11.7 Å². The highest BCUT2D eigenvalue weighted by molar-refractivity contribution is 5.90. The highest BCUT2D eigenvalue weighted by Crippen LogP contribution is 2.33. The van der Waals surface area contributed by atoms with Crippen LogP contribution in [0.2, 0.25) is 0 Å². The van der Waals surface area contributed by atoms with Crippen molar-refractivity contribution >= 4 is 16.7 Å². The van der Waals surface area contributed by atoms with Crippen molar-refractivity contribution < 1.29 is 19.0 Å². The Balaban J connectivity index is 1.79. The van der Waals surface area contributed by atoms with Crippen LogP contribution in [0, 0.1) is 0 Å². The number of nitrogens with zero attached hydrogens (tertiary/aromatic N) is 1. The van der Waals surface area contributed by atoms with Crippen LogP contribution in [0.15, 0.2) is 29.2 Å². The van der Waals surface area contributed by atoms with Crippen LogP contribution >= 0.6 is 0 Å². The largest absolute Gasteiger partial charge is 0.493 e. The second-order valence-corrected chi connectivity index (χ2v) is 5.95. The van der Waals surface area contributed by atoms with Gasteiger partial charge in [-0.1, -0.05) is 0 Å². The van der Waals surface area contributed by atoms with Crippen LogP contribution in [0.3, 0.4) is 0 Å². The minimum Gasteiger partial charge on any atom is -0.493 e. The second kappa shape index (κ2) is 7.57. The molecule has 1 fully saturated rings. The van der Waals surface area contributed by atoms with Crippen LogP contribution in [0.5, 0.6) is 11.5 Å². The Hall–Kier alpha value is -2.54. The van der Waals surface area contributed by atoms with Crippen molar-refractivity contribution in [2.24, 2.45) is 0 Å². The fraction of sp³-hybridized carbons (Fsp3) is 0.444. The summed E-state index contributed by atoms with van der Waals surface area (Å²) in [5.41, 5.74) is -0.245. The van der Waals surface area contributed by atoms with Gasteiger partial charge in [-0.2, -0.15) is 0 Å². The molecule has 3 rings (SSSR count). The third-order valence-corrected chi connectivity index (χ3v) is 4.36. The zero-order valence-corrected chi connectivity index (χ0v) is 14.4. The predicted octanol–water partition coefficient (Wildman–Crippen LogP) is 1.31. The van der Waals surface area contributed by atoms with E-state index in [4.69, 9.17) is 14.2 Å². The molecule has 25 heavy (non-hydrogen) atoms. The maximum Gasteiger partial charge on any atom is 0.259 e. The van der Waals surface area contributed by atoms with Gasteiger partial charge in [0, 0.05) is 24.7 Å². The molecule has 0 saturated carbocycles. The van der Waals surface area contributed by atoms with Crippen molar-refractivity contribution in [2.45, 2.75) is 25.5 Å². The van der Waals surface area contributed by atoms with Gasteiger partial charge in [0.25, 0.3) is 5.56 Å². The molecule has 1 aliphatic rings. The van der Waals surface area contributed by atoms with Crippen molar-refractivity contribution in [3.05, 3.63) is 34.7 Å². The molecule has 2 aromatic rings. The van der Waals surface area contributed by atoms with Crippen molar-refractivity contribution in [1.29, 1.82) is 0 Å². The molecule has 1 aliphatic heterocycles. The van der Waals surface area contributed by atoms with E-state index < -0.39 is 0 Å². The number of nitrogens with one attached hydrogen (secondary N) is 1. The molecule has 1 atom stereocenters. The van der Waals surface area contributed by atoms with E-state index in [-0.39, 0.29) is 24.1 Å². The first-order valence-corrected chi connectivity index (χ1v) is 8.26. The van der Waals surface area contributed by atoms with E-state index in [9.17, 15) is 9.59 Å². The Kier molecular flexibility index (Phi) is 5.23. The molecule has 134 valence electrons. The topological polar surface area (TPSA) is 78.8 Å². The molecule has 0 bridgehead atoms. The van der Waals surface area contributed by atoms with Crippen LogP contribution < -0.4 is 20.3 Å². The molecule has 7 heteroatoms. The number of hydrogen-bond donors (Lipinski definition) is 1. The van der Waals surface area contributed by atoms with E-state index in [1.54, 1.807) is 31.5 Å². The molecule has 1 aromatic heterocycles. The predicted molar refractivity (Wildman–Crippen MR) is 93.3 cm³/mol. The van der Waals surface area contributed by atoms with Gasteiger partial charge in [-0.15, -0.1) is 0 Å².